The largest absolute Gasteiger partial charge is 0.381 e. The van der Waals surface area contributed by atoms with Gasteiger partial charge in [-0.15, -0.1) is 0 Å². The van der Waals surface area contributed by atoms with Crippen molar-refractivity contribution in [3.63, 3.8) is 0 Å². The van der Waals surface area contributed by atoms with E-state index in [2.05, 4.69) is 10.1 Å². The van der Waals surface area contributed by atoms with Gasteiger partial charge >= 0.3 is 0 Å². The van der Waals surface area contributed by atoms with Crippen LogP contribution in [-0.4, -0.2) is 60.5 Å². The molecule has 0 bridgehead atoms. The fourth-order valence-corrected chi connectivity index (χ4v) is 3.91. The van der Waals surface area contributed by atoms with Crippen molar-refractivity contribution in [1.82, 2.24) is 15.0 Å². The van der Waals surface area contributed by atoms with Crippen LogP contribution in [-0.2, 0) is 19.7 Å². The molecule has 2 atom stereocenters. The summed E-state index contributed by atoms with van der Waals surface area (Å²) in [5.41, 5.74) is -0.317. The van der Waals surface area contributed by atoms with Gasteiger partial charge in [0, 0.05) is 38.1 Å². The predicted octanol–water partition coefficient (Wildman–Crippen LogP) is 0.531. The summed E-state index contributed by atoms with van der Waals surface area (Å²) < 4.78 is 16.4. The number of ether oxygens (including phenoxy) is 2. The number of fused-ring (bicyclic) bond motifs is 1. The van der Waals surface area contributed by atoms with E-state index in [0.29, 0.717) is 44.7 Å². The zero-order valence-corrected chi connectivity index (χ0v) is 12.8. The third-order valence-corrected chi connectivity index (χ3v) is 5.21. The summed E-state index contributed by atoms with van der Waals surface area (Å²) in [5.74, 6) is 1.83. The molecule has 3 aliphatic heterocycles. The van der Waals surface area contributed by atoms with Crippen molar-refractivity contribution < 1.29 is 18.8 Å². The van der Waals surface area contributed by atoms with Crippen molar-refractivity contribution in [2.45, 2.75) is 25.2 Å². The van der Waals surface area contributed by atoms with Gasteiger partial charge < -0.3 is 18.9 Å². The van der Waals surface area contributed by atoms with Gasteiger partial charge in [0.15, 0.2) is 5.82 Å². The molecule has 3 aliphatic rings. The van der Waals surface area contributed by atoms with E-state index in [0.717, 1.165) is 19.4 Å². The van der Waals surface area contributed by atoms with E-state index in [1.54, 1.807) is 0 Å². The van der Waals surface area contributed by atoms with Crippen molar-refractivity contribution in [3.05, 3.63) is 11.7 Å². The molecule has 0 aromatic carbocycles. The number of aromatic nitrogens is 2. The van der Waals surface area contributed by atoms with E-state index in [-0.39, 0.29) is 23.2 Å². The first-order chi connectivity index (χ1) is 10.7. The van der Waals surface area contributed by atoms with Crippen LogP contribution in [0.5, 0.6) is 0 Å². The molecule has 3 saturated heterocycles. The zero-order valence-electron chi connectivity index (χ0n) is 12.8. The minimum atomic E-state index is -0.317. The van der Waals surface area contributed by atoms with E-state index >= 15 is 0 Å². The third kappa shape index (κ3) is 2.14. The lowest BCUT2D eigenvalue weighted by atomic mass is 9.81. The minimum Gasteiger partial charge on any atom is -0.381 e. The quantitative estimate of drug-likeness (QED) is 0.793. The highest BCUT2D eigenvalue weighted by Crippen LogP contribution is 2.43. The second-order valence-corrected chi connectivity index (χ2v) is 6.62. The van der Waals surface area contributed by atoms with Gasteiger partial charge in [-0.05, 0) is 19.8 Å². The van der Waals surface area contributed by atoms with E-state index in [4.69, 9.17) is 14.0 Å². The van der Waals surface area contributed by atoms with Crippen molar-refractivity contribution in [2.24, 2.45) is 11.8 Å². The molecule has 0 unspecified atom stereocenters. The lowest BCUT2D eigenvalue weighted by molar-refractivity contribution is -0.138. The van der Waals surface area contributed by atoms with Crippen molar-refractivity contribution in [3.8, 4) is 0 Å². The minimum absolute atomic E-state index is 0.0926. The number of carbonyl (C=O) groups excluding carboxylic acids is 1. The highest BCUT2D eigenvalue weighted by Gasteiger charge is 2.56. The molecule has 7 heteroatoms. The lowest BCUT2D eigenvalue weighted by Crippen LogP contribution is -2.40. The summed E-state index contributed by atoms with van der Waals surface area (Å²) in [6, 6.07) is 0. The van der Waals surface area contributed by atoms with Crippen LogP contribution >= 0.6 is 0 Å². The number of aryl methyl sites for hydroxylation is 1. The number of hydrogen-bond donors (Lipinski definition) is 0. The molecule has 0 aliphatic carbocycles. The number of nitrogens with zero attached hydrogens (tertiary/aromatic N) is 3. The highest BCUT2D eigenvalue weighted by molar-refractivity contribution is 5.79. The van der Waals surface area contributed by atoms with Gasteiger partial charge in [0.1, 0.15) is 0 Å². The molecule has 120 valence electrons. The van der Waals surface area contributed by atoms with Gasteiger partial charge in [0.25, 0.3) is 0 Å². The number of rotatable bonds is 2. The summed E-state index contributed by atoms with van der Waals surface area (Å²) >= 11 is 0. The normalized spacial score (nSPS) is 32.4. The molecule has 1 aromatic heterocycles. The Bertz CT molecular complexity index is 569. The van der Waals surface area contributed by atoms with Gasteiger partial charge in [-0.2, -0.15) is 4.98 Å². The standard InChI is InChI=1S/C15H21N3O4/c1-10-16-14(22-17-10)15-8-18(6-12(15)7-21-9-15)13(19)11-2-4-20-5-3-11/h11-12H,2-9H2,1H3/t12-,15-/m1/s1. The van der Waals surface area contributed by atoms with Gasteiger partial charge in [0.2, 0.25) is 11.8 Å². The Balaban J connectivity index is 1.55. The molecular weight excluding hydrogens is 286 g/mol. The summed E-state index contributed by atoms with van der Waals surface area (Å²) in [5, 5.41) is 3.91. The highest BCUT2D eigenvalue weighted by atomic mass is 16.5. The second kappa shape index (κ2) is 5.31. The second-order valence-electron chi connectivity index (χ2n) is 6.62. The maximum absolute atomic E-state index is 12.8. The van der Waals surface area contributed by atoms with Gasteiger partial charge in [-0.1, -0.05) is 5.16 Å². The van der Waals surface area contributed by atoms with Gasteiger partial charge in [-0.25, -0.2) is 0 Å². The van der Waals surface area contributed by atoms with Crippen LogP contribution in [0.3, 0.4) is 0 Å². The average Bonchev–Trinajstić information content (AvgIpc) is 3.20. The summed E-state index contributed by atoms with van der Waals surface area (Å²) in [6.45, 7) is 5.73. The number of likely N-dealkylation sites (tertiary alicyclic amines) is 1. The van der Waals surface area contributed by atoms with Gasteiger partial charge in [0.05, 0.1) is 18.6 Å². The Morgan fingerprint density at radius 2 is 2.14 bits per heavy atom. The molecule has 1 aromatic rings. The van der Waals surface area contributed by atoms with E-state index in [1.165, 1.54) is 0 Å². The number of carbonyl (C=O) groups is 1. The molecule has 1 amide bonds. The van der Waals surface area contributed by atoms with E-state index in [1.807, 2.05) is 11.8 Å². The monoisotopic (exact) mass is 307 g/mol. The fourth-order valence-electron chi connectivity index (χ4n) is 3.91. The first kappa shape index (κ1) is 14.1. The molecule has 4 rings (SSSR count). The first-order valence-corrected chi connectivity index (χ1v) is 7.94. The lowest BCUT2D eigenvalue weighted by Gasteiger charge is -2.28. The summed E-state index contributed by atoms with van der Waals surface area (Å²) in [7, 11) is 0. The van der Waals surface area contributed by atoms with Crippen LogP contribution in [0.15, 0.2) is 4.52 Å². The molecular formula is C15H21N3O4. The van der Waals surface area contributed by atoms with Crippen LogP contribution in [0.1, 0.15) is 24.6 Å². The molecule has 0 radical (unpaired) electrons. The third-order valence-electron chi connectivity index (χ3n) is 5.21. The van der Waals surface area contributed by atoms with E-state index in [9.17, 15) is 4.79 Å². The Kier molecular flexibility index (Phi) is 3.41. The number of amides is 1. The Hall–Kier alpha value is -1.47. The molecule has 7 nitrogen and oxygen atoms in total. The van der Waals surface area contributed by atoms with Crippen molar-refractivity contribution in [1.29, 1.82) is 0 Å². The number of hydrogen-bond acceptors (Lipinski definition) is 6. The van der Waals surface area contributed by atoms with Crippen molar-refractivity contribution in [2.75, 3.05) is 39.5 Å². The topological polar surface area (TPSA) is 77.7 Å². The Morgan fingerprint density at radius 3 is 2.86 bits per heavy atom. The van der Waals surface area contributed by atoms with Crippen LogP contribution < -0.4 is 0 Å². The molecule has 4 heterocycles. The smallest absolute Gasteiger partial charge is 0.237 e. The maximum atomic E-state index is 12.8. The van der Waals surface area contributed by atoms with Gasteiger partial charge in [-0.3, -0.25) is 4.79 Å². The molecule has 3 fully saturated rings. The molecule has 0 spiro atoms. The molecule has 0 N–H and O–H groups in total. The van der Waals surface area contributed by atoms with Crippen LogP contribution in [0.25, 0.3) is 0 Å². The van der Waals surface area contributed by atoms with Crippen LogP contribution in [0.2, 0.25) is 0 Å². The van der Waals surface area contributed by atoms with Crippen molar-refractivity contribution >= 4 is 5.91 Å². The Labute approximate surface area is 128 Å². The van der Waals surface area contributed by atoms with Crippen LogP contribution in [0.4, 0.5) is 0 Å². The zero-order chi connectivity index (χ0) is 15.2. The fraction of sp³-hybridized carbons (Fsp3) is 0.800. The van der Waals surface area contributed by atoms with Crippen LogP contribution in [0, 0.1) is 18.8 Å². The first-order valence-electron chi connectivity index (χ1n) is 7.94. The SMILES string of the molecule is Cc1noc([C@]23COC[C@H]2CN(C(=O)C2CCOCC2)C3)n1. The molecule has 22 heavy (non-hydrogen) atoms. The average molecular weight is 307 g/mol. The molecule has 0 saturated carbocycles. The Morgan fingerprint density at radius 1 is 1.32 bits per heavy atom. The summed E-state index contributed by atoms with van der Waals surface area (Å²) in [6.07, 6.45) is 1.65. The van der Waals surface area contributed by atoms with E-state index < -0.39 is 0 Å². The predicted molar refractivity (Wildman–Crippen MR) is 75.1 cm³/mol. The maximum Gasteiger partial charge on any atom is 0.237 e. The summed E-state index contributed by atoms with van der Waals surface area (Å²) in [4.78, 5) is 19.2.